The number of thiophene rings is 1. The molecule has 0 aliphatic carbocycles. The number of benzene rings is 1. The van der Waals surface area contributed by atoms with Gasteiger partial charge in [0.2, 0.25) is 5.91 Å². The Morgan fingerprint density at radius 3 is 2.54 bits per heavy atom. The Morgan fingerprint density at radius 2 is 1.92 bits per heavy atom. The van der Waals surface area contributed by atoms with E-state index in [1.54, 1.807) is 12.1 Å². The van der Waals surface area contributed by atoms with Crippen LogP contribution in [0.4, 0.5) is 11.4 Å². The molecular weight excluding hydrogens is 346 g/mol. The molecule has 1 aliphatic rings. The van der Waals surface area contributed by atoms with Gasteiger partial charge in [0.15, 0.2) is 0 Å². The smallest absolute Gasteiger partial charge is 0.265 e. The van der Waals surface area contributed by atoms with Gasteiger partial charge < -0.3 is 16.0 Å². The minimum atomic E-state index is -0.495. The van der Waals surface area contributed by atoms with Crippen LogP contribution >= 0.6 is 11.3 Å². The molecule has 0 spiro atoms. The number of hydrogen-bond donors (Lipinski definition) is 2. The number of primary amides is 1. The van der Waals surface area contributed by atoms with Gasteiger partial charge in [-0.15, -0.1) is 11.3 Å². The second kappa shape index (κ2) is 7.91. The van der Waals surface area contributed by atoms with Crippen molar-refractivity contribution in [2.45, 2.75) is 39.5 Å². The fraction of sp³-hybridized carbons (Fsp3) is 0.400. The number of nitrogens with two attached hydrogens (primary N) is 1. The molecule has 2 amide bonds. The number of carbonyl (C=O) groups excluding carboxylic acids is 2. The molecule has 5 nitrogen and oxygen atoms in total. The Balaban J connectivity index is 1.91. The van der Waals surface area contributed by atoms with Gasteiger partial charge in [-0.25, -0.2) is 0 Å². The predicted molar refractivity (Wildman–Crippen MR) is 107 cm³/mol. The Kier molecular flexibility index (Phi) is 5.61. The molecule has 0 radical (unpaired) electrons. The van der Waals surface area contributed by atoms with Crippen LogP contribution in [0.1, 0.15) is 56.7 Å². The van der Waals surface area contributed by atoms with Gasteiger partial charge in [0.05, 0.1) is 16.3 Å². The second-order valence-corrected chi connectivity index (χ2v) is 7.81. The Hall–Kier alpha value is -2.34. The summed E-state index contributed by atoms with van der Waals surface area (Å²) in [6.07, 6.45) is 4.41. The van der Waals surface area contributed by atoms with Gasteiger partial charge >= 0.3 is 0 Å². The van der Waals surface area contributed by atoms with E-state index in [1.165, 1.54) is 22.6 Å². The number of hydrogen-bond acceptors (Lipinski definition) is 4. The van der Waals surface area contributed by atoms with Gasteiger partial charge in [-0.3, -0.25) is 9.59 Å². The molecule has 6 heteroatoms. The van der Waals surface area contributed by atoms with Gasteiger partial charge in [-0.1, -0.05) is 6.92 Å². The lowest BCUT2D eigenvalue weighted by atomic mass is 10.1. The van der Waals surface area contributed by atoms with Crippen molar-refractivity contribution in [3.8, 4) is 0 Å². The third-order valence-electron chi connectivity index (χ3n) is 4.79. The van der Waals surface area contributed by atoms with E-state index in [0.717, 1.165) is 43.6 Å². The summed E-state index contributed by atoms with van der Waals surface area (Å²) < 4.78 is 0. The third-order valence-corrected chi connectivity index (χ3v) is 6.17. The van der Waals surface area contributed by atoms with E-state index >= 15 is 0 Å². The van der Waals surface area contributed by atoms with Gasteiger partial charge in [-0.2, -0.15) is 0 Å². The summed E-state index contributed by atoms with van der Waals surface area (Å²) in [7, 11) is 0. The van der Waals surface area contributed by atoms with Crippen LogP contribution in [0, 0.1) is 6.92 Å². The molecule has 0 saturated carbocycles. The highest BCUT2D eigenvalue weighted by molar-refractivity contribution is 7.14. The number of aryl methyl sites for hydroxylation is 2. The van der Waals surface area contributed by atoms with E-state index in [4.69, 9.17) is 5.73 Å². The predicted octanol–water partition coefficient (Wildman–Crippen LogP) is 3.96. The standard InChI is InChI=1S/C20H25N3O2S/c1-3-17-13(2)11-18(26-17)20(25)22-15-12-14(19(21)24)7-8-16(15)23-9-5-4-6-10-23/h7-8,11-12H,3-6,9-10H2,1-2H3,(H2,21,24)(H,22,25). The van der Waals surface area contributed by atoms with Crippen molar-refractivity contribution in [3.63, 3.8) is 0 Å². The molecule has 1 fully saturated rings. The van der Waals surface area contributed by atoms with Crippen LogP contribution in [0.2, 0.25) is 0 Å². The van der Waals surface area contributed by atoms with Crippen molar-refractivity contribution in [2.24, 2.45) is 5.73 Å². The summed E-state index contributed by atoms with van der Waals surface area (Å²) in [5.74, 6) is -0.636. The fourth-order valence-electron chi connectivity index (χ4n) is 3.37. The van der Waals surface area contributed by atoms with Crippen molar-refractivity contribution in [3.05, 3.63) is 45.1 Å². The van der Waals surface area contributed by atoms with Crippen molar-refractivity contribution >= 4 is 34.5 Å². The molecule has 3 rings (SSSR count). The van der Waals surface area contributed by atoms with Crippen LogP contribution in [0.5, 0.6) is 0 Å². The Labute approximate surface area is 158 Å². The number of nitrogens with one attached hydrogen (secondary N) is 1. The molecule has 26 heavy (non-hydrogen) atoms. The summed E-state index contributed by atoms with van der Waals surface area (Å²) in [4.78, 5) is 28.5. The minimum Gasteiger partial charge on any atom is -0.370 e. The maximum absolute atomic E-state index is 12.8. The minimum absolute atomic E-state index is 0.141. The highest BCUT2D eigenvalue weighted by Gasteiger charge is 2.19. The zero-order valence-electron chi connectivity index (χ0n) is 15.3. The first kappa shape index (κ1) is 18.5. The van der Waals surface area contributed by atoms with E-state index in [9.17, 15) is 9.59 Å². The highest BCUT2D eigenvalue weighted by atomic mass is 32.1. The van der Waals surface area contributed by atoms with Crippen LogP contribution in [-0.2, 0) is 6.42 Å². The van der Waals surface area contributed by atoms with Gasteiger partial charge in [0.25, 0.3) is 5.91 Å². The summed E-state index contributed by atoms with van der Waals surface area (Å²) in [5.41, 5.74) is 8.58. The van der Waals surface area contributed by atoms with Gasteiger partial charge in [-0.05, 0) is 62.4 Å². The first-order valence-electron chi connectivity index (χ1n) is 9.09. The molecule has 0 atom stereocenters. The second-order valence-electron chi connectivity index (χ2n) is 6.67. The zero-order chi connectivity index (χ0) is 18.7. The number of amides is 2. The van der Waals surface area contributed by atoms with Crippen LogP contribution in [0.15, 0.2) is 24.3 Å². The monoisotopic (exact) mass is 371 g/mol. The normalized spacial score (nSPS) is 14.3. The maximum Gasteiger partial charge on any atom is 0.265 e. The van der Waals surface area contributed by atoms with E-state index in [0.29, 0.717) is 16.1 Å². The molecule has 1 aromatic carbocycles. The van der Waals surface area contributed by atoms with Crippen LogP contribution in [-0.4, -0.2) is 24.9 Å². The number of rotatable bonds is 5. The molecule has 1 saturated heterocycles. The molecular formula is C20H25N3O2S. The average Bonchev–Trinajstić information content (AvgIpc) is 3.03. The summed E-state index contributed by atoms with van der Waals surface area (Å²) in [6.45, 7) is 6.03. The third kappa shape index (κ3) is 3.90. The van der Waals surface area contributed by atoms with Crippen LogP contribution < -0.4 is 16.0 Å². The largest absolute Gasteiger partial charge is 0.370 e. The first-order chi connectivity index (χ1) is 12.5. The summed E-state index contributed by atoms with van der Waals surface area (Å²) >= 11 is 1.52. The number of anilines is 2. The van der Waals surface area contributed by atoms with E-state index in [-0.39, 0.29) is 5.91 Å². The Morgan fingerprint density at radius 1 is 1.19 bits per heavy atom. The molecule has 138 valence electrons. The number of carbonyl (C=O) groups is 2. The average molecular weight is 372 g/mol. The quantitative estimate of drug-likeness (QED) is 0.835. The van der Waals surface area contributed by atoms with E-state index < -0.39 is 5.91 Å². The lowest BCUT2D eigenvalue weighted by Gasteiger charge is -2.30. The zero-order valence-corrected chi connectivity index (χ0v) is 16.1. The van der Waals surface area contributed by atoms with E-state index in [2.05, 4.69) is 17.1 Å². The molecule has 2 aromatic rings. The number of nitrogens with zero attached hydrogens (tertiary/aromatic N) is 1. The van der Waals surface area contributed by atoms with Gasteiger partial charge in [0.1, 0.15) is 0 Å². The van der Waals surface area contributed by atoms with Crippen molar-refractivity contribution in [2.75, 3.05) is 23.3 Å². The van der Waals surface area contributed by atoms with Gasteiger partial charge in [0, 0.05) is 23.5 Å². The lowest BCUT2D eigenvalue weighted by molar-refractivity contribution is 0.0996. The van der Waals surface area contributed by atoms with Crippen molar-refractivity contribution in [1.29, 1.82) is 0 Å². The first-order valence-corrected chi connectivity index (χ1v) is 9.90. The topological polar surface area (TPSA) is 75.4 Å². The van der Waals surface area contributed by atoms with Crippen molar-refractivity contribution in [1.82, 2.24) is 0 Å². The molecule has 2 heterocycles. The summed E-state index contributed by atoms with van der Waals surface area (Å²) in [5, 5.41) is 3.01. The molecule has 3 N–H and O–H groups in total. The molecule has 0 unspecified atom stereocenters. The lowest BCUT2D eigenvalue weighted by Crippen LogP contribution is -2.30. The van der Waals surface area contributed by atoms with E-state index in [1.807, 2.05) is 19.1 Å². The number of piperidine rings is 1. The SMILES string of the molecule is CCc1sc(C(=O)Nc2cc(C(N)=O)ccc2N2CCCCC2)cc1C. The van der Waals surface area contributed by atoms with Crippen molar-refractivity contribution < 1.29 is 9.59 Å². The molecule has 0 bridgehead atoms. The fourth-order valence-corrected chi connectivity index (χ4v) is 4.38. The maximum atomic E-state index is 12.8. The molecule has 1 aliphatic heterocycles. The Bertz CT molecular complexity index is 822. The molecule has 1 aromatic heterocycles. The summed E-state index contributed by atoms with van der Waals surface area (Å²) in [6, 6.07) is 7.23. The van der Waals surface area contributed by atoms with Crippen LogP contribution in [0.25, 0.3) is 0 Å². The highest BCUT2D eigenvalue weighted by Crippen LogP contribution is 2.31. The van der Waals surface area contributed by atoms with Crippen LogP contribution in [0.3, 0.4) is 0 Å².